The number of hydrogen-bond donors (Lipinski definition) is 2. The van der Waals surface area contributed by atoms with E-state index in [1.807, 2.05) is 0 Å². The van der Waals surface area contributed by atoms with E-state index >= 15 is 0 Å². The summed E-state index contributed by atoms with van der Waals surface area (Å²) < 4.78 is 3.25. The van der Waals surface area contributed by atoms with Crippen LogP contribution in [0.2, 0.25) is 8.87 Å². The Bertz CT molecular complexity index is 205. The maximum Gasteiger partial charge on any atom is 0.328 e. The molecule has 98 valence electrons. The number of carboxylic acid groups (broad SMARTS) is 2. The monoisotopic (exact) mass is 350 g/mol. The summed E-state index contributed by atoms with van der Waals surface area (Å²) in [5.74, 6) is -2.51. The van der Waals surface area contributed by atoms with Crippen molar-refractivity contribution in [2.45, 2.75) is 48.4 Å². The first-order valence-corrected chi connectivity index (χ1v) is 9.92. The predicted octanol–water partition coefficient (Wildman–Crippen LogP) is 2.84. The van der Waals surface area contributed by atoms with Gasteiger partial charge in [0, 0.05) is 12.2 Å². The standard InChI is InChI=1S/C4H4O4.2C4H9.Sn/c5-3(6)1-2-4(7)8;2*1-3-4-2;/h1-2H,(H,5,6)(H,7,8);2*1,3-4H2,2H3;/b2-1-;;;. The quantitative estimate of drug-likeness (QED) is 0.402. The van der Waals surface area contributed by atoms with Gasteiger partial charge in [-0.25, -0.2) is 9.59 Å². The maximum atomic E-state index is 9.55. The van der Waals surface area contributed by atoms with Crippen LogP contribution in [0.4, 0.5) is 0 Å². The minimum atomic E-state index is -1.26. The van der Waals surface area contributed by atoms with E-state index in [2.05, 4.69) is 13.8 Å². The van der Waals surface area contributed by atoms with Crippen LogP contribution in [0.15, 0.2) is 12.2 Å². The molecule has 0 amide bonds. The first-order valence-electron chi connectivity index (χ1n) is 5.89. The Labute approximate surface area is 113 Å². The Hall–Kier alpha value is -0.521. The van der Waals surface area contributed by atoms with Gasteiger partial charge in [-0.15, -0.1) is 0 Å². The zero-order valence-corrected chi connectivity index (χ0v) is 13.5. The molecule has 0 heterocycles. The number of unbranched alkanes of at least 4 members (excludes halogenated alkanes) is 2. The number of hydrogen-bond acceptors (Lipinski definition) is 2. The van der Waals surface area contributed by atoms with Gasteiger partial charge < -0.3 is 10.2 Å². The summed E-state index contributed by atoms with van der Waals surface area (Å²) in [4.78, 5) is 19.1. The van der Waals surface area contributed by atoms with Crippen molar-refractivity contribution in [1.82, 2.24) is 0 Å². The van der Waals surface area contributed by atoms with Crippen molar-refractivity contribution >= 4 is 33.1 Å². The number of carbonyl (C=O) groups is 2. The molecular formula is C12H22O4Sn. The molecule has 0 aromatic rings. The molecule has 0 aromatic carbocycles. The fourth-order valence-electron chi connectivity index (χ4n) is 0.871. The van der Waals surface area contributed by atoms with E-state index < -0.39 is 11.9 Å². The summed E-state index contributed by atoms with van der Waals surface area (Å²) in [6.07, 6.45) is 6.95. The second-order valence-electron chi connectivity index (χ2n) is 3.47. The molecule has 0 atom stereocenters. The Morgan fingerprint density at radius 2 is 1.29 bits per heavy atom. The van der Waals surface area contributed by atoms with E-state index in [1.54, 1.807) is 8.87 Å². The number of aliphatic carboxylic acids is 2. The third kappa shape index (κ3) is 25.6. The molecular weight excluding hydrogens is 327 g/mol. The summed E-state index contributed by atoms with van der Waals surface area (Å²) in [6, 6.07) is 0. The first-order chi connectivity index (χ1) is 8.04. The van der Waals surface area contributed by atoms with Crippen molar-refractivity contribution in [3.8, 4) is 0 Å². The summed E-state index contributed by atoms with van der Waals surface area (Å²) in [6.45, 7) is 4.58. The molecule has 0 aliphatic rings. The van der Waals surface area contributed by atoms with Crippen molar-refractivity contribution in [2.75, 3.05) is 0 Å². The minimum absolute atomic E-state index is 0.149. The van der Waals surface area contributed by atoms with Gasteiger partial charge in [0.1, 0.15) is 0 Å². The van der Waals surface area contributed by atoms with Gasteiger partial charge in [-0.3, -0.25) is 0 Å². The van der Waals surface area contributed by atoms with E-state index in [-0.39, 0.29) is 21.1 Å². The molecule has 0 bridgehead atoms. The number of carboxylic acids is 2. The Morgan fingerprint density at radius 1 is 0.941 bits per heavy atom. The number of rotatable bonds is 8. The van der Waals surface area contributed by atoms with Crippen molar-refractivity contribution < 1.29 is 19.8 Å². The molecule has 0 aliphatic carbocycles. The van der Waals surface area contributed by atoms with Crippen LogP contribution in [0, 0.1) is 0 Å². The summed E-state index contributed by atoms with van der Waals surface area (Å²) >= 11 is 0.149. The van der Waals surface area contributed by atoms with E-state index in [9.17, 15) is 9.59 Å². The molecule has 2 N–H and O–H groups in total. The van der Waals surface area contributed by atoms with Crippen molar-refractivity contribution in [3.63, 3.8) is 0 Å². The Kier molecular flexibility index (Phi) is 17.1. The van der Waals surface area contributed by atoms with Crippen molar-refractivity contribution in [1.29, 1.82) is 0 Å². The van der Waals surface area contributed by atoms with Gasteiger partial charge in [0.15, 0.2) is 0 Å². The van der Waals surface area contributed by atoms with Crippen LogP contribution in [0.5, 0.6) is 0 Å². The van der Waals surface area contributed by atoms with Gasteiger partial charge in [-0.05, 0) is 0 Å². The largest absolute Gasteiger partial charge is 0.478 e. The van der Waals surface area contributed by atoms with Crippen LogP contribution in [-0.4, -0.2) is 43.3 Å². The van der Waals surface area contributed by atoms with Crippen molar-refractivity contribution in [2.24, 2.45) is 0 Å². The summed E-state index contributed by atoms with van der Waals surface area (Å²) in [5, 5.41) is 15.6. The molecule has 0 rings (SSSR count). The van der Waals surface area contributed by atoms with Crippen LogP contribution < -0.4 is 0 Å². The zero-order valence-electron chi connectivity index (χ0n) is 10.6. The fourth-order valence-corrected chi connectivity index (χ4v) is 5.03. The molecule has 4 nitrogen and oxygen atoms in total. The van der Waals surface area contributed by atoms with E-state index in [4.69, 9.17) is 10.2 Å². The fraction of sp³-hybridized carbons (Fsp3) is 0.667. The van der Waals surface area contributed by atoms with Crippen LogP contribution in [0.25, 0.3) is 0 Å². The van der Waals surface area contributed by atoms with Crippen LogP contribution in [0.1, 0.15) is 39.5 Å². The van der Waals surface area contributed by atoms with Gasteiger partial charge in [-0.2, -0.15) is 0 Å². The average Bonchev–Trinajstić information content (AvgIpc) is 2.27. The van der Waals surface area contributed by atoms with Gasteiger partial charge in [0.25, 0.3) is 0 Å². The third-order valence-electron chi connectivity index (χ3n) is 1.78. The average molecular weight is 349 g/mol. The first kappa shape index (κ1) is 18.8. The second-order valence-corrected chi connectivity index (χ2v) is 7.75. The predicted molar refractivity (Wildman–Crippen MR) is 69.6 cm³/mol. The van der Waals surface area contributed by atoms with Gasteiger partial charge in [-0.1, -0.05) is 0 Å². The molecule has 5 heteroatoms. The van der Waals surface area contributed by atoms with Crippen molar-refractivity contribution in [3.05, 3.63) is 12.2 Å². The van der Waals surface area contributed by atoms with Gasteiger partial charge >= 0.3 is 81.5 Å². The second kappa shape index (κ2) is 15.5. The molecule has 2 radical (unpaired) electrons. The van der Waals surface area contributed by atoms with Gasteiger partial charge in [0.05, 0.1) is 0 Å². The molecule has 0 aromatic heterocycles. The molecule has 0 fully saturated rings. The third-order valence-corrected chi connectivity index (χ3v) is 5.82. The smallest absolute Gasteiger partial charge is 0.328 e. The van der Waals surface area contributed by atoms with E-state index in [0.717, 1.165) is 0 Å². The van der Waals surface area contributed by atoms with Crippen LogP contribution >= 0.6 is 0 Å². The molecule has 0 unspecified atom stereocenters. The van der Waals surface area contributed by atoms with Crippen LogP contribution in [-0.2, 0) is 9.59 Å². The topological polar surface area (TPSA) is 74.6 Å². The van der Waals surface area contributed by atoms with Crippen LogP contribution in [0.3, 0.4) is 0 Å². The summed E-state index contributed by atoms with van der Waals surface area (Å²) in [7, 11) is 0. The normalized spacial score (nSPS) is 9.76. The van der Waals surface area contributed by atoms with Gasteiger partial charge in [0.2, 0.25) is 0 Å². The Balaban J connectivity index is 0. The zero-order chi connectivity index (χ0) is 13.5. The van der Waals surface area contributed by atoms with E-state index in [0.29, 0.717) is 12.2 Å². The van der Waals surface area contributed by atoms with E-state index in [1.165, 1.54) is 25.7 Å². The SMILES string of the molecule is CCC[CH2][Sn][CH2]CCC.O=C(O)/C=C\C(=O)O. The molecule has 0 saturated heterocycles. The molecule has 0 spiro atoms. The minimum Gasteiger partial charge on any atom is -0.478 e. The molecule has 0 saturated carbocycles. The molecule has 17 heavy (non-hydrogen) atoms. The maximum absolute atomic E-state index is 9.55. The molecule has 0 aliphatic heterocycles. The Morgan fingerprint density at radius 3 is 1.53 bits per heavy atom. The summed E-state index contributed by atoms with van der Waals surface area (Å²) in [5.41, 5.74) is 0.